The largest absolute Gasteiger partial charge is 0.497 e. The van der Waals surface area contributed by atoms with E-state index in [1.165, 1.54) is 63.4 Å². The second-order valence-electron chi connectivity index (χ2n) is 8.34. The molecule has 0 heterocycles. The molecule has 2 nitrogen and oxygen atoms in total. The molecule has 0 aromatic heterocycles. The fraction of sp³-hybridized carbons (Fsp3) is 0.462. The Morgan fingerprint density at radius 1 is 0.679 bits per heavy atom. The highest BCUT2D eigenvalue weighted by molar-refractivity contribution is 5.72. The van der Waals surface area contributed by atoms with Crippen LogP contribution in [0.1, 0.15) is 66.3 Å². The van der Waals surface area contributed by atoms with Gasteiger partial charge >= 0.3 is 0 Å². The molecular weight excluding hydrogens is 344 g/mol. The lowest BCUT2D eigenvalue weighted by atomic mass is 9.83. The maximum absolute atomic E-state index is 5.40. The number of fused-ring (bicyclic) bond motifs is 2. The normalized spacial score (nSPS) is 19.4. The topological polar surface area (TPSA) is 18.5 Å². The zero-order chi connectivity index (χ0) is 19.3. The van der Waals surface area contributed by atoms with E-state index in [2.05, 4.69) is 36.4 Å². The van der Waals surface area contributed by atoms with Gasteiger partial charge in [-0.3, -0.25) is 0 Å². The van der Waals surface area contributed by atoms with E-state index in [-0.39, 0.29) is 0 Å². The van der Waals surface area contributed by atoms with Gasteiger partial charge in [-0.1, -0.05) is 43.5 Å². The third-order valence-electron chi connectivity index (χ3n) is 6.47. The molecule has 2 aromatic carbocycles. The van der Waals surface area contributed by atoms with Crippen molar-refractivity contribution in [2.24, 2.45) is 5.92 Å². The standard InChI is InChI=1S/C26H32O2/c1-27-24-16-21(17-25(18-24)28-2)11-10-20-14-22-8-4-3-6-19-7-5-9-23(15-20)26(22)13-12-19/h10-11,14-19H,3-9,12-13H2,1-2H3/b11-10+. The molecule has 0 N–H and O–H groups in total. The molecule has 2 aromatic rings. The van der Waals surface area contributed by atoms with E-state index in [9.17, 15) is 0 Å². The monoisotopic (exact) mass is 376 g/mol. The Kier molecular flexibility index (Phi) is 6.04. The van der Waals surface area contributed by atoms with Gasteiger partial charge in [0.1, 0.15) is 11.5 Å². The summed E-state index contributed by atoms with van der Waals surface area (Å²) in [6.45, 7) is 0. The van der Waals surface area contributed by atoms with Crippen LogP contribution < -0.4 is 9.47 Å². The van der Waals surface area contributed by atoms with Crippen LogP contribution in [0.5, 0.6) is 11.5 Å². The van der Waals surface area contributed by atoms with E-state index in [0.29, 0.717) is 0 Å². The van der Waals surface area contributed by atoms with Gasteiger partial charge in [0, 0.05) is 6.07 Å². The summed E-state index contributed by atoms with van der Waals surface area (Å²) in [6, 6.07) is 10.9. The van der Waals surface area contributed by atoms with Crippen molar-refractivity contribution < 1.29 is 9.47 Å². The summed E-state index contributed by atoms with van der Waals surface area (Å²) in [4.78, 5) is 0. The lowest BCUT2D eigenvalue weighted by Gasteiger charge is -2.22. The summed E-state index contributed by atoms with van der Waals surface area (Å²) in [7, 11) is 3.39. The molecular formula is C26H32O2. The minimum Gasteiger partial charge on any atom is -0.497 e. The van der Waals surface area contributed by atoms with Gasteiger partial charge in [-0.25, -0.2) is 0 Å². The highest BCUT2D eigenvalue weighted by Crippen LogP contribution is 2.33. The van der Waals surface area contributed by atoms with Crippen LogP contribution in [0, 0.1) is 5.92 Å². The SMILES string of the molecule is COc1cc(/C=C/c2cc3c4c(c2)CCCC(CCCC3)CC4)cc(OC)c1. The number of hydrogen-bond acceptors (Lipinski definition) is 2. The van der Waals surface area contributed by atoms with Crippen molar-refractivity contribution in [3.05, 3.63) is 58.1 Å². The van der Waals surface area contributed by atoms with E-state index in [4.69, 9.17) is 9.47 Å². The highest BCUT2D eigenvalue weighted by Gasteiger charge is 2.19. The number of methoxy groups -OCH3 is 2. The van der Waals surface area contributed by atoms with Crippen LogP contribution in [0.2, 0.25) is 0 Å². The lowest BCUT2D eigenvalue weighted by Crippen LogP contribution is -2.09. The summed E-state index contributed by atoms with van der Waals surface area (Å²) in [5.74, 6) is 2.61. The van der Waals surface area contributed by atoms with Crippen molar-refractivity contribution in [3.8, 4) is 11.5 Å². The lowest BCUT2D eigenvalue weighted by molar-refractivity contribution is 0.390. The third-order valence-corrected chi connectivity index (χ3v) is 6.47. The number of benzene rings is 2. The van der Waals surface area contributed by atoms with Gasteiger partial charge in [0.25, 0.3) is 0 Å². The minimum absolute atomic E-state index is 0.825. The fourth-order valence-corrected chi connectivity index (χ4v) is 4.92. The zero-order valence-electron chi connectivity index (χ0n) is 17.3. The summed E-state index contributed by atoms with van der Waals surface area (Å²) < 4.78 is 10.8. The Morgan fingerprint density at radius 2 is 1.29 bits per heavy atom. The van der Waals surface area contributed by atoms with E-state index in [0.717, 1.165) is 23.0 Å². The molecule has 148 valence electrons. The van der Waals surface area contributed by atoms with Gasteiger partial charge in [-0.15, -0.1) is 0 Å². The van der Waals surface area contributed by atoms with E-state index in [1.807, 2.05) is 6.07 Å². The van der Waals surface area contributed by atoms with Crippen LogP contribution in [0.3, 0.4) is 0 Å². The smallest absolute Gasteiger partial charge is 0.123 e. The van der Waals surface area contributed by atoms with Crippen LogP contribution in [-0.4, -0.2) is 14.2 Å². The molecule has 2 aliphatic rings. The van der Waals surface area contributed by atoms with Gasteiger partial charge in [0.05, 0.1) is 14.2 Å². The molecule has 0 saturated carbocycles. The van der Waals surface area contributed by atoms with Gasteiger partial charge in [-0.2, -0.15) is 0 Å². The summed E-state index contributed by atoms with van der Waals surface area (Å²) in [5, 5.41) is 0. The van der Waals surface area contributed by atoms with Crippen LogP contribution in [0.4, 0.5) is 0 Å². The van der Waals surface area contributed by atoms with Crippen LogP contribution in [0.25, 0.3) is 12.2 Å². The fourth-order valence-electron chi connectivity index (χ4n) is 4.92. The van der Waals surface area contributed by atoms with Crippen LogP contribution in [0.15, 0.2) is 30.3 Å². The van der Waals surface area contributed by atoms with Gasteiger partial charge < -0.3 is 9.47 Å². The average Bonchev–Trinajstić information content (AvgIpc) is 2.79. The summed E-state index contributed by atoms with van der Waals surface area (Å²) >= 11 is 0. The van der Waals surface area contributed by atoms with Crippen molar-refractivity contribution in [2.45, 2.75) is 57.8 Å². The van der Waals surface area contributed by atoms with Crippen molar-refractivity contribution in [3.63, 3.8) is 0 Å². The molecule has 2 bridgehead atoms. The Labute approximate surface area is 169 Å². The molecule has 0 saturated heterocycles. The molecule has 0 fully saturated rings. The van der Waals surface area contributed by atoms with Crippen molar-refractivity contribution >= 4 is 12.2 Å². The molecule has 28 heavy (non-hydrogen) atoms. The number of aryl methyl sites for hydroxylation is 2. The third kappa shape index (κ3) is 4.43. The van der Waals surface area contributed by atoms with Gasteiger partial charge in [0.2, 0.25) is 0 Å². The molecule has 2 heteroatoms. The van der Waals surface area contributed by atoms with Crippen molar-refractivity contribution in [2.75, 3.05) is 14.2 Å². The molecule has 4 rings (SSSR count). The van der Waals surface area contributed by atoms with Crippen LogP contribution >= 0.6 is 0 Å². The first-order chi connectivity index (χ1) is 13.7. The molecule has 0 amide bonds. The average molecular weight is 377 g/mol. The first kappa shape index (κ1) is 19.1. The second kappa shape index (κ2) is 8.86. The maximum Gasteiger partial charge on any atom is 0.123 e. The quantitative estimate of drug-likeness (QED) is 0.568. The van der Waals surface area contributed by atoms with Crippen molar-refractivity contribution in [1.82, 2.24) is 0 Å². The second-order valence-corrected chi connectivity index (χ2v) is 8.34. The predicted molar refractivity (Wildman–Crippen MR) is 117 cm³/mol. The van der Waals surface area contributed by atoms with Gasteiger partial charge in [-0.05, 0) is 84.4 Å². The molecule has 0 aliphatic heterocycles. The maximum atomic E-state index is 5.40. The zero-order valence-corrected chi connectivity index (χ0v) is 17.3. The first-order valence-electron chi connectivity index (χ1n) is 10.8. The molecule has 1 unspecified atom stereocenters. The van der Waals surface area contributed by atoms with Gasteiger partial charge in [0.15, 0.2) is 0 Å². The van der Waals surface area contributed by atoms with E-state index < -0.39 is 0 Å². The predicted octanol–water partition coefficient (Wildman–Crippen LogP) is 6.49. The number of hydrogen-bond donors (Lipinski definition) is 0. The number of rotatable bonds is 4. The Morgan fingerprint density at radius 3 is 1.96 bits per heavy atom. The first-order valence-corrected chi connectivity index (χ1v) is 10.8. The Bertz CT molecular complexity index is 828. The molecule has 1 atom stereocenters. The summed E-state index contributed by atoms with van der Waals surface area (Å²) in [5.41, 5.74) is 7.30. The number of ether oxygens (including phenoxy) is 2. The molecule has 0 spiro atoms. The molecule has 2 aliphatic carbocycles. The van der Waals surface area contributed by atoms with E-state index >= 15 is 0 Å². The van der Waals surface area contributed by atoms with Crippen molar-refractivity contribution in [1.29, 1.82) is 0 Å². The Hall–Kier alpha value is -2.22. The Balaban J connectivity index is 1.66. The highest BCUT2D eigenvalue weighted by atomic mass is 16.5. The molecule has 0 radical (unpaired) electrons. The minimum atomic E-state index is 0.825. The summed E-state index contributed by atoms with van der Waals surface area (Å²) in [6.07, 6.45) is 16.5. The van der Waals surface area contributed by atoms with Crippen LogP contribution in [-0.2, 0) is 19.3 Å². The van der Waals surface area contributed by atoms with E-state index in [1.54, 1.807) is 30.9 Å².